The fourth-order valence-electron chi connectivity index (χ4n) is 1.88. The van der Waals surface area contributed by atoms with Crippen molar-refractivity contribution in [3.63, 3.8) is 0 Å². The Hall–Kier alpha value is -0.720. The van der Waals surface area contributed by atoms with Crippen molar-refractivity contribution in [3.05, 3.63) is 5.82 Å². The van der Waals surface area contributed by atoms with Crippen LogP contribution in [0.3, 0.4) is 0 Å². The summed E-state index contributed by atoms with van der Waals surface area (Å²) < 4.78 is 9.86. The van der Waals surface area contributed by atoms with Crippen LogP contribution < -0.4 is 4.90 Å². The van der Waals surface area contributed by atoms with Gasteiger partial charge in [-0.05, 0) is 13.3 Å². The SMILES string of the molecule is CCCc1nsc(N2CC(CO)OCC2C)n1. The van der Waals surface area contributed by atoms with E-state index in [2.05, 4.69) is 28.1 Å². The van der Waals surface area contributed by atoms with Crippen LogP contribution in [0.5, 0.6) is 0 Å². The largest absolute Gasteiger partial charge is 0.394 e. The van der Waals surface area contributed by atoms with Gasteiger partial charge in [-0.25, -0.2) is 4.98 Å². The van der Waals surface area contributed by atoms with E-state index in [-0.39, 0.29) is 12.7 Å². The van der Waals surface area contributed by atoms with Crippen molar-refractivity contribution in [2.75, 3.05) is 24.7 Å². The molecule has 0 radical (unpaired) electrons. The number of aromatic nitrogens is 2. The van der Waals surface area contributed by atoms with Gasteiger partial charge >= 0.3 is 0 Å². The zero-order valence-corrected chi connectivity index (χ0v) is 11.1. The molecule has 1 N–H and O–H groups in total. The Morgan fingerprint density at radius 1 is 1.59 bits per heavy atom. The topological polar surface area (TPSA) is 58.5 Å². The quantitative estimate of drug-likeness (QED) is 0.874. The number of nitrogens with zero attached hydrogens (tertiary/aromatic N) is 3. The lowest BCUT2D eigenvalue weighted by Gasteiger charge is -2.36. The van der Waals surface area contributed by atoms with Crippen molar-refractivity contribution in [1.29, 1.82) is 0 Å². The molecule has 96 valence electrons. The summed E-state index contributed by atoms with van der Waals surface area (Å²) >= 11 is 1.44. The molecule has 0 spiro atoms. The van der Waals surface area contributed by atoms with Crippen molar-refractivity contribution in [2.24, 2.45) is 0 Å². The molecule has 1 aliphatic rings. The van der Waals surface area contributed by atoms with Gasteiger partial charge in [0.15, 0.2) is 0 Å². The molecule has 0 saturated carbocycles. The average Bonchev–Trinajstić information content (AvgIpc) is 2.79. The third kappa shape index (κ3) is 2.94. The van der Waals surface area contributed by atoms with E-state index in [1.807, 2.05) is 0 Å². The molecule has 1 saturated heterocycles. The van der Waals surface area contributed by atoms with Crippen molar-refractivity contribution < 1.29 is 9.84 Å². The zero-order valence-electron chi connectivity index (χ0n) is 10.3. The normalized spacial score (nSPS) is 25.2. The van der Waals surface area contributed by atoms with Gasteiger partial charge in [0.05, 0.1) is 25.4 Å². The Morgan fingerprint density at radius 2 is 2.41 bits per heavy atom. The summed E-state index contributed by atoms with van der Waals surface area (Å²) in [7, 11) is 0. The van der Waals surface area contributed by atoms with Crippen LogP contribution in [0.1, 0.15) is 26.1 Å². The smallest absolute Gasteiger partial charge is 0.205 e. The number of aliphatic hydroxyl groups excluding tert-OH is 1. The molecule has 2 heterocycles. The average molecular weight is 257 g/mol. The molecule has 0 bridgehead atoms. The van der Waals surface area contributed by atoms with Gasteiger partial charge in [-0.2, -0.15) is 4.37 Å². The summed E-state index contributed by atoms with van der Waals surface area (Å²) in [6.07, 6.45) is 1.89. The second kappa shape index (κ2) is 5.75. The molecule has 1 fully saturated rings. The van der Waals surface area contributed by atoms with Gasteiger partial charge in [-0.15, -0.1) is 0 Å². The lowest BCUT2D eigenvalue weighted by atomic mass is 10.2. The van der Waals surface area contributed by atoms with Crippen LogP contribution in [0.4, 0.5) is 5.13 Å². The second-order valence-electron chi connectivity index (χ2n) is 4.38. The minimum atomic E-state index is -0.107. The lowest BCUT2D eigenvalue weighted by molar-refractivity contribution is -0.0103. The number of hydrogen-bond acceptors (Lipinski definition) is 6. The summed E-state index contributed by atoms with van der Waals surface area (Å²) in [5.74, 6) is 0.923. The van der Waals surface area contributed by atoms with Gasteiger partial charge in [-0.1, -0.05) is 6.92 Å². The first-order valence-electron chi connectivity index (χ1n) is 6.06. The Kier molecular flexibility index (Phi) is 4.31. The van der Waals surface area contributed by atoms with Crippen LogP contribution in [0.25, 0.3) is 0 Å². The van der Waals surface area contributed by atoms with E-state index in [0.29, 0.717) is 19.2 Å². The number of ether oxygens (including phenoxy) is 1. The monoisotopic (exact) mass is 257 g/mol. The van der Waals surface area contributed by atoms with Gasteiger partial charge in [0.1, 0.15) is 5.82 Å². The first-order valence-corrected chi connectivity index (χ1v) is 6.83. The third-order valence-electron chi connectivity index (χ3n) is 2.89. The van der Waals surface area contributed by atoms with E-state index in [0.717, 1.165) is 23.8 Å². The molecule has 0 amide bonds. The molecule has 2 atom stereocenters. The molecule has 2 rings (SSSR count). The third-order valence-corrected chi connectivity index (χ3v) is 3.68. The van der Waals surface area contributed by atoms with E-state index < -0.39 is 0 Å². The van der Waals surface area contributed by atoms with Crippen LogP contribution in [0.2, 0.25) is 0 Å². The minimum Gasteiger partial charge on any atom is -0.394 e. The molecule has 5 nitrogen and oxygen atoms in total. The van der Waals surface area contributed by atoms with Crippen molar-refractivity contribution in [2.45, 2.75) is 38.8 Å². The summed E-state index contributed by atoms with van der Waals surface area (Å²) in [5.41, 5.74) is 0. The molecule has 17 heavy (non-hydrogen) atoms. The lowest BCUT2D eigenvalue weighted by Crippen LogP contribution is -2.49. The maximum atomic E-state index is 9.15. The number of rotatable bonds is 4. The Bertz CT molecular complexity index is 358. The van der Waals surface area contributed by atoms with E-state index in [1.165, 1.54) is 11.5 Å². The molecule has 0 aromatic carbocycles. The number of aryl methyl sites for hydroxylation is 1. The van der Waals surface area contributed by atoms with Gasteiger partial charge in [0.25, 0.3) is 0 Å². The highest BCUT2D eigenvalue weighted by molar-refractivity contribution is 7.09. The molecular formula is C11H19N3O2S. The summed E-state index contributed by atoms with van der Waals surface area (Å²) in [6, 6.07) is 0.292. The Labute approximate surface area is 106 Å². The molecule has 6 heteroatoms. The standard InChI is InChI=1S/C11H19N3O2S/c1-3-4-10-12-11(17-13-10)14-5-9(6-15)16-7-8(14)2/h8-9,15H,3-7H2,1-2H3. The van der Waals surface area contributed by atoms with Gasteiger partial charge < -0.3 is 14.7 Å². The van der Waals surface area contributed by atoms with Gasteiger partial charge in [-0.3, -0.25) is 0 Å². The maximum absolute atomic E-state index is 9.15. The number of aliphatic hydroxyl groups is 1. The Morgan fingerprint density at radius 3 is 3.12 bits per heavy atom. The summed E-state index contributed by atoms with van der Waals surface area (Å²) in [6.45, 7) is 5.62. The fraction of sp³-hybridized carbons (Fsp3) is 0.818. The van der Waals surface area contributed by atoms with Crippen LogP contribution in [-0.4, -0.2) is 46.4 Å². The van der Waals surface area contributed by atoms with Crippen molar-refractivity contribution in [3.8, 4) is 0 Å². The molecule has 1 aliphatic heterocycles. The first-order chi connectivity index (χ1) is 8.24. The van der Waals surface area contributed by atoms with Gasteiger partial charge in [0, 0.05) is 24.5 Å². The first kappa shape index (κ1) is 12.7. The summed E-state index contributed by atoms with van der Waals surface area (Å²) in [5, 5.41) is 10.1. The van der Waals surface area contributed by atoms with Crippen LogP contribution in [0, 0.1) is 0 Å². The van der Waals surface area contributed by atoms with Crippen LogP contribution >= 0.6 is 11.5 Å². The van der Waals surface area contributed by atoms with E-state index in [1.54, 1.807) is 0 Å². The maximum Gasteiger partial charge on any atom is 0.205 e. The fourth-order valence-corrected chi connectivity index (χ4v) is 2.71. The summed E-state index contributed by atoms with van der Waals surface area (Å²) in [4.78, 5) is 6.72. The molecular weight excluding hydrogens is 238 g/mol. The molecule has 2 unspecified atom stereocenters. The highest BCUT2D eigenvalue weighted by Crippen LogP contribution is 2.23. The van der Waals surface area contributed by atoms with Crippen LogP contribution in [-0.2, 0) is 11.2 Å². The van der Waals surface area contributed by atoms with E-state index in [4.69, 9.17) is 9.84 Å². The highest BCUT2D eigenvalue weighted by atomic mass is 32.1. The second-order valence-corrected chi connectivity index (χ2v) is 5.11. The van der Waals surface area contributed by atoms with E-state index >= 15 is 0 Å². The van der Waals surface area contributed by atoms with E-state index in [9.17, 15) is 0 Å². The van der Waals surface area contributed by atoms with Gasteiger partial charge in [0.2, 0.25) is 5.13 Å². The minimum absolute atomic E-state index is 0.0594. The predicted molar refractivity (Wildman–Crippen MR) is 67.5 cm³/mol. The van der Waals surface area contributed by atoms with Crippen LogP contribution in [0.15, 0.2) is 0 Å². The number of hydrogen-bond donors (Lipinski definition) is 1. The highest BCUT2D eigenvalue weighted by Gasteiger charge is 2.27. The Balaban J connectivity index is 2.07. The van der Waals surface area contributed by atoms with Crippen molar-refractivity contribution >= 4 is 16.7 Å². The zero-order chi connectivity index (χ0) is 12.3. The number of anilines is 1. The predicted octanol–water partition coefficient (Wildman–Crippen LogP) is 1.08. The number of morpholine rings is 1. The molecule has 1 aromatic heterocycles. The molecule has 0 aliphatic carbocycles. The molecule has 1 aromatic rings. The van der Waals surface area contributed by atoms with Crippen molar-refractivity contribution in [1.82, 2.24) is 9.36 Å².